The molecule has 0 spiro atoms. The van der Waals surface area contributed by atoms with Crippen molar-refractivity contribution in [2.75, 3.05) is 0 Å². The van der Waals surface area contributed by atoms with E-state index in [0.717, 1.165) is 18.4 Å². The van der Waals surface area contributed by atoms with Crippen LogP contribution in [0.2, 0.25) is 0 Å². The number of ketones is 1. The van der Waals surface area contributed by atoms with Crippen LogP contribution in [0.5, 0.6) is 0 Å². The number of allylic oxidation sites excluding steroid dienone is 1. The fourth-order valence-corrected chi connectivity index (χ4v) is 7.17. The van der Waals surface area contributed by atoms with Gasteiger partial charge in [-0.3, -0.25) is 9.59 Å². The average molecular weight is 491 g/mol. The van der Waals surface area contributed by atoms with Gasteiger partial charge in [0.1, 0.15) is 5.78 Å². The third-order valence-corrected chi connectivity index (χ3v) is 9.82. The minimum atomic E-state index is -0.921. The molecule has 1 fully saturated rings. The highest BCUT2D eigenvalue weighted by molar-refractivity contribution is 5.81. The van der Waals surface area contributed by atoms with Crippen molar-refractivity contribution < 1.29 is 30.0 Å². The van der Waals surface area contributed by atoms with Crippen molar-refractivity contribution in [2.24, 2.45) is 35.0 Å². The van der Waals surface area contributed by atoms with E-state index in [9.17, 15) is 30.0 Å². The van der Waals surface area contributed by atoms with E-state index in [4.69, 9.17) is 0 Å². The molecule has 0 heterocycles. The minimum Gasteiger partial charge on any atom is -0.481 e. The molecule has 3 aliphatic rings. The first kappa shape index (κ1) is 28.1. The third kappa shape index (κ3) is 5.45. The van der Waals surface area contributed by atoms with Gasteiger partial charge in [0.15, 0.2) is 0 Å². The summed E-state index contributed by atoms with van der Waals surface area (Å²) in [6, 6.07) is 0. The smallest absolute Gasteiger partial charge is 0.309 e. The summed E-state index contributed by atoms with van der Waals surface area (Å²) in [5.74, 6) is -2.17. The number of aliphatic hydroxyl groups excluding tert-OH is 2. The molecule has 4 N–H and O–H groups in total. The molecule has 3 rings (SSSR count). The summed E-state index contributed by atoms with van der Waals surface area (Å²) in [6.45, 7) is 13.9. The average Bonchev–Trinajstić information content (AvgIpc) is 2.76. The fourth-order valence-electron chi connectivity index (χ4n) is 7.17. The number of carboxylic acid groups (broad SMARTS) is 1. The van der Waals surface area contributed by atoms with Gasteiger partial charge in [0.25, 0.3) is 0 Å². The van der Waals surface area contributed by atoms with E-state index in [-0.39, 0.29) is 29.0 Å². The first-order valence-corrected chi connectivity index (χ1v) is 13.4. The van der Waals surface area contributed by atoms with Crippen molar-refractivity contribution >= 4 is 11.8 Å². The molecular formula is C29H46O6. The van der Waals surface area contributed by atoms with Gasteiger partial charge in [-0.1, -0.05) is 51.0 Å². The van der Waals surface area contributed by atoms with Crippen molar-refractivity contribution in [3.8, 4) is 0 Å². The number of hydrogen-bond acceptors (Lipinski definition) is 5. The van der Waals surface area contributed by atoms with Crippen LogP contribution in [-0.4, -0.2) is 50.0 Å². The van der Waals surface area contributed by atoms with Crippen molar-refractivity contribution in [3.05, 3.63) is 23.3 Å². The Hall–Kier alpha value is -1.50. The largest absolute Gasteiger partial charge is 0.481 e. The van der Waals surface area contributed by atoms with Crippen LogP contribution in [0, 0.1) is 35.0 Å². The molecule has 6 heteroatoms. The maximum atomic E-state index is 13.0. The van der Waals surface area contributed by atoms with Crippen molar-refractivity contribution in [1.82, 2.24) is 0 Å². The van der Waals surface area contributed by atoms with Crippen molar-refractivity contribution in [1.29, 1.82) is 0 Å². The van der Waals surface area contributed by atoms with Gasteiger partial charge >= 0.3 is 5.97 Å². The number of rotatable bonds is 9. The number of aliphatic carboxylic acids is 1. The van der Waals surface area contributed by atoms with E-state index in [0.29, 0.717) is 44.9 Å². The Morgan fingerprint density at radius 3 is 2.37 bits per heavy atom. The van der Waals surface area contributed by atoms with Crippen LogP contribution in [0.25, 0.3) is 0 Å². The Labute approximate surface area is 210 Å². The third-order valence-electron chi connectivity index (χ3n) is 9.82. The number of hydrogen-bond donors (Lipinski definition) is 4. The van der Waals surface area contributed by atoms with Crippen LogP contribution in [0.3, 0.4) is 0 Å². The van der Waals surface area contributed by atoms with Gasteiger partial charge < -0.3 is 20.4 Å². The predicted octanol–water partition coefficient (Wildman–Crippen LogP) is 4.66. The van der Waals surface area contributed by atoms with Gasteiger partial charge in [-0.05, 0) is 75.5 Å². The molecule has 6 nitrogen and oxygen atoms in total. The molecule has 0 aromatic heterocycles. The molecule has 0 bridgehead atoms. The molecule has 8 atom stereocenters. The highest BCUT2D eigenvalue weighted by Crippen LogP contribution is 2.60. The molecule has 0 aliphatic heterocycles. The van der Waals surface area contributed by atoms with E-state index in [1.165, 1.54) is 11.1 Å². The van der Waals surface area contributed by atoms with Crippen molar-refractivity contribution in [3.63, 3.8) is 0 Å². The lowest BCUT2D eigenvalue weighted by molar-refractivity contribution is -0.156. The first-order valence-electron chi connectivity index (χ1n) is 13.4. The molecule has 0 amide bonds. The van der Waals surface area contributed by atoms with Crippen LogP contribution in [0.1, 0.15) is 92.4 Å². The minimum absolute atomic E-state index is 0.00390. The maximum Gasteiger partial charge on any atom is 0.309 e. The highest BCUT2D eigenvalue weighted by atomic mass is 16.4. The van der Waals surface area contributed by atoms with Crippen LogP contribution in [-0.2, 0) is 9.59 Å². The lowest BCUT2D eigenvalue weighted by atomic mass is 9.50. The van der Waals surface area contributed by atoms with Gasteiger partial charge in [0.2, 0.25) is 0 Å². The molecule has 0 aromatic rings. The Kier molecular flexibility index (Phi) is 8.40. The monoisotopic (exact) mass is 490 g/mol. The molecule has 3 aliphatic carbocycles. The number of Topliss-reactive ketones (excluding diaryl/α,β-unsaturated/α-hetero) is 1. The molecule has 35 heavy (non-hydrogen) atoms. The molecular weight excluding hydrogens is 444 g/mol. The van der Waals surface area contributed by atoms with E-state index in [1.807, 2.05) is 20.8 Å². The SMILES string of the molecule is C=C(C[C@H](O)[C@H](C)C(=O)CC[C@@H]1C2=C(CC[C@]1(C)O)[C@]1(C)CC[C@H](O)[C@@H](C(=O)O)[C@@H]1CC2)C(C)C. The van der Waals surface area contributed by atoms with E-state index < -0.39 is 35.6 Å². The normalized spacial score (nSPS) is 36.8. The maximum absolute atomic E-state index is 13.0. The molecule has 0 radical (unpaired) electrons. The second-order valence-corrected chi connectivity index (χ2v) is 12.3. The zero-order valence-electron chi connectivity index (χ0n) is 22.2. The van der Waals surface area contributed by atoms with Gasteiger partial charge in [0.05, 0.1) is 23.7 Å². The number of fused-ring (bicyclic) bond motifs is 2. The van der Waals surface area contributed by atoms with Gasteiger partial charge in [-0.15, -0.1) is 0 Å². The lowest BCUT2D eigenvalue weighted by Gasteiger charge is -2.55. The van der Waals surface area contributed by atoms with E-state index in [2.05, 4.69) is 13.5 Å². The van der Waals surface area contributed by atoms with Crippen molar-refractivity contribution in [2.45, 2.75) is 110 Å². The van der Waals surface area contributed by atoms with E-state index in [1.54, 1.807) is 6.92 Å². The fraction of sp³-hybridized carbons (Fsp3) is 0.793. The number of carbonyl (C=O) groups is 2. The van der Waals surface area contributed by atoms with Crippen LogP contribution < -0.4 is 0 Å². The van der Waals surface area contributed by atoms with Crippen LogP contribution in [0.15, 0.2) is 23.3 Å². The zero-order valence-corrected chi connectivity index (χ0v) is 22.2. The number of aliphatic hydroxyl groups is 3. The summed E-state index contributed by atoms with van der Waals surface area (Å²) in [5.41, 5.74) is 2.18. The second kappa shape index (κ2) is 10.5. The Morgan fingerprint density at radius 2 is 1.77 bits per heavy atom. The molecule has 0 unspecified atom stereocenters. The van der Waals surface area contributed by atoms with Crippen LogP contribution >= 0.6 is 0 Å². The van der Waals surface area contributed by atoms with E-state index >= 15 is 0 Å². The summed E-state index contributed by atoms with van der Waals surface area (Å²) < 4.78 is 0. The standard InChI is InChI=1S/C29H46O6/c1-16(2)17(3)15-25(32)18(4)23(30)10-9-21-19-7-8-22-26(27(33)34)24(31)12-13-28(22,5)20(19)11-14-29(21,6)35/h16,18,21-22,24-26,31-32,35H,3,7-15H2,1-2,4-6H3,(H,33,34)/t18-,21-,22+,24+,25+,26+,28+,29+/m1/s1. The van der Waals surface area contributed by atoms with Gasteiger partial charge in [0, 0.05) is 18.3 Å². The van der Waals surface area contributed by atoms with Gasteiger partial charge in [-0.2, -0.15) is 0 Å². The second-order valence-electron chi connectivity index (χ2n) is 12.3. The molecule has 1 saturated carbocycles. The predicted molar refractivity (Wildman–Crippen MR) is 136 cm³/mol. The Bertz CT molecular complexity index is 870. The quantitative estimate of drug-likeness (QED) is 0.349. The number of carboxylic acids is 1. The number of carbonyl (C=O) groups excluding carboxylic acids is 1. The summed E-state index contributed by atoms with van der Waals surface area (Å²) in [5, 5.41) is 42.2. The summed E-state index contributed by atoms with van der Waals surface area (Å²) >= 11 is 0. The lowest BCUT2D eigenvalue weighted by Crippen LogP contribution is -2.52. The highest BCUT2D eigenvalue weighted by Gasteiger charge is 2.55. The molecule has 198 valence electrons. The summed E-state index contributed by atoms with van der Waals surface area (Å²) in [4.78, 5) is 25.0. The Morgan fingerprint density at radius 1 is 1.11 bits per heavy atom. The topological polar surface area (TPSA) is 115 Å². The summed E-state index contributed by atoms with van der Waals surface area (Å²) in [7, 11) is 0. The zero-order chi connectivity index (χ0) is 26.3. The molecule has 0 saturated heterocycles. The van der Waals surface area contributed by atoms with Crippen LogP contribution in [0.4, 0.5) is 0 Å². The molecule has 0 aromatic carbocycles. The summed E-state index contributed by atoms with van der Waals surface area (Å²) in [6.07, 6.45) is 3.58. The van der Waals surface area contributed by atoms with Gasteiger partial charge in [-0.25, -0.2) is 0 Å². The first-order chi connectivity index (χ1) is 16.2. The Balaban J connectivity index is 1.79.